The van der Waals surface area contributed by atoms with E-state index in [0.29, 0.717) is 23.7 Å². The minimum atomic E-state index is -0.664. The molecule has 1 fully saturated rings. The van der Waals surface area contributed by atoms with Crippen LogP contribution >= 0.6 is 46.0 Å². The SMILES string of the molecule is CCOc1c(I)cc(/C=C2/SC(=O)N(CC(=O)Nc3ccc(Cl)c(C(=O)OC)c3)C2=O)cc1OC. The number of ether oxygens (including phenoxy) is 3. The predicted molar refractivity (Wildman–Crippen MR) is 141 cm³/mol. The molecule has 0 saturated carbocycles. The molecule has 1 aliphatic heterocycles. The van der Waals surface area contributed by atoms with Crippen LogP contribution in [0.4, 0.5) is 10.5 Å². The molecule has 1 N–H and O–H groups in total. The summed E-state index contributed by atoms with van der Waals surface area (Å²) < 4.78 is 16.4. The number of anilines is 1. The van der Waals surface area contributed by atoms with Gasteiger partial charge in [0.2, 0.25) is 5.91 Å². The number of carbonyl (C=O) groups is 4. The maximum Gasteiger partial charge on any atom is 0.339 e. The number of nitrogens with one attached hydrogen (secondary N) is 1. The lowest BCUT2D eigenvalue weighted by Gasteiger charge is -2.13. The molecule has 9 nitrogen and oxygen atoms in total. The van der Waals surface area contributed by atoms with Gasteiger partial charge in [0.1, 0.15) is 6.54 Å². The lowest BCUT2D eigenvalue weighted by Crippen LogP contribution is -2.36. The van der Waals surface area contributed by atoms with Crippen LogP contribution in [0.3, 0.4) is 0 Å². The Morgan fingerprint density at radius 3 is 2.60 bits per heavy atom. The Hall–Kier alpha value is -2.77. The van der Waals surface area contributed by atoms with Gasteiger partial charge in [0, 0.05) is 5.69 Å². The molecule has 1 aliphatic rings. The molecular formula is C23H20ClIN2O7S. The zero-order valence-electron chi connectivity index (χ0n) is 18.8. The van der Waals surface area contributed by atoms with Crippen molar-refractivity contribution in [2.45, 2.75) is 6.92 Å². The molecule has 0 unspecified atom stereocenters. The first kappa shape index (κ1) is 26.8. The van der Waals surface area contributed by atoms with Gasteiger partial charge >= 0.3 is 5.97 Å². The van der Waals surface area contributed by atoms with Crippen molar-refractivity contribution in [1.82, 2.24) is 4.90 Å². The second kappa shape index (κ2) is 11.8. The van der Waals surface area contributed by atoms with Gasteiger partial charge < -0.3 is 19.5 Å². The van der Waals surface area contributed by atoms with Crippen LogP contribution in [0.1, 0.15) is 22.8 Å². The smallest absolute Gasteiger partial charge is 0.339 e. The lowest BCUT2D eigenvalue weighted by molar-refractivity contribution is -0.127. The highest BCUT2D eigenvalue weighted by molar-refractivity contribution is 14.1. The average Bonchev–Trinajstić information content (AvgIpc) is 3.08. The number of methoxy groups -OCH3 is 2. The molecule has 2 aromatic rings. The van der Waals surface area contributed by atoms with E-state index in [-0.39, 0.29) is 21.2 Å². The highest BCUT2D eigenvalue weighted by atomic mass is 127. The third-order valence-electron chi connectivity index (χ3n) is 4.67. The molecule has 0 atom stereocenters. The highest BCUT2D eigenvalue weighted by Crippen LogP contribution is 2.37. The summed E-state index contributed by atoms with van der Waals surface area (Å²) in [5.74, 6) is -0.788. The van der Waals surface area contributed by atoms with E-state index in [1.807, 2.05) is 6.92 Å². The minimum absolute atomic E-state index is 0.0708. The topological polar surface area (TPSA) is 111 Å². The molecule has 35 heavy (non-hydrogen) atoms. The number of imide groups is 1. The molecule has 0 aromatic heterocycles. The molecule has 184 valence electrons. The summed E-state index contributed by atoms with van der Waals surface area (Å²) in [6, 6.07) is 7.77. The first-order chi connectivity index (χ1) is 16.7. The normalized spacial score (nSPS) is 14.3. The number of halogens is 2. The van der Waals surface area contributed by atoms with Gasteiger partial charge in [-0.2, -0.15) is 0 Å². The number of thioether (sulfide) groups is 1. The molecule has 12 heteroatoms. The minimum Gasteiger partial charge on any atom is -0.493 e. The van der Waals surface area contributed by atoms with Crippen molar-refractivity contribution >= 4 is 80.7 Å². The van der Waals surface area contributed by atoms with Crippen molar-refractivity contribution in [3.8, 4) is 11.5 Å². The van der Waals surface area contributed by atoms with Crippen LogP contribution in [0.15, 0.2) is 35.2 Å². The summed E-state index contributed by atoms with van der Waals surface area (Å²) in [5, 5.41) is 2.14. The maximum absolute atomic E-state index is 12.8. The zero-order valence-corrected chi connectivity index (χ0v) is 22.6. The molecule has 3 rings (SSSR count). The van der Waals surface area contributed by atoms with E-state index in [2.05, 4.69) is 32.6 Å². The van der Waals surface area contributed by atoms with Crippen LogP contribution in [0, 0.1) is 3.57 Å². The first-order valence-corrected chi connectivity index (χ1v) is 12.4. The van der Waals surface area contributed by atoms with E-state index in [0.717, 1.165) is 20.2 Å². The number of carbonyl (C=O) groups excluding carboxylic acids is 4. The number of rotatable bonds is 8. The molecule has 0 aliphatic carbocycles. The van der Waals surface area contributed by atoms with Crippen molar-refractivity contribution in [3.05, 3.63) is 55.0 Å². The summed E-state index contributed by atoms with van der Waals surface area (Å²) >= 11 is 8.82. The van der Waals surface area contributed by atoms with E-state index in [1.54, 1.807) is 18.2 Å². The van der Waals surface area contributed by atoms with Crippen LogP contribution in [-0.4, -0.2) is 55.3 Å². The summed E-state index contributed by atoms with van der Waals surface area (Å²) in [5.41, 5.74) is 0.973. The first-order valence-electron chi connectivity index (χ1n) is 10.1. The van der Waals surface area contributed by atoms with E-state index >= 15 is 0 Å². The molecule has 3 amide bonds. The summed E-state index contributed by atoms with van der Waals surface area (Å²) in [6.45, 7) is 1.83. The van der Waals surface area contributed by atoms with Gasteiger partial charge in [0.25, 0.3) is 11.1 Å². The second-order valence-corrected chi connectivity index (χ2v) is 9.53. The molecule has 1 heterocycles. The van der Waals surface area contributed by atoms with E-state index in [1.165, 1.54) is 32.4 Å². The van der Waals surface area contributed by atoms with Gasteiger partial charge in [0.05, 0.1) is 39.9 Å². The van der Waals surface area contributed by atoms with Crippen LogP contribution in [0.2, 0.25) is 5.02 Å². The Morgan fingerprint density at radius 1 is 1.20 bits per heavy atom. The standard InChI is InChI=1S/C23H20ClIN2O7S/c1-4-34-20-16(25)7-12(8-17(20)32-2)9-18-21(29)27(23(31)35-18)11-19(28)26-13-5-6-15(24)14(10-13)22(30)33-3/h5-10H,4,11H2,1-3H3,(H,26,28)/b18-9+. The van der Waals surface area contributed by atoms with E-state index < -0.39 is 29.6 Å². The molecule has 1 saturated heterocycles. The molecule has 0 bridgehead atoms. The largest absolute Gasteiger partial charge is 0.493 e. The van der Waals surface area contributed by atoms with Crippen molar-refractivity contribution < 1.29 is 33.4 Å². The van der Waals surface area contributed by atoms with Gasteiger partial charge in [-0.05, 0) is 83.2 Å². The number of benzene rings is 2. The van der Waals surface area contributed by atoms with Crippen molar-refractivity contribution in [3.63, 3.8) is 0 Å². The Labute approximate surface area is 224 Å². The quantitative estimate of drug-likeness (QED) is 0.251. The average molecular weight is 631 g/mol. The Kier molecular flexibility index (Phi) is 9.03. The molecular weight excluding hydrogens is 611 g/mol. The second-order valence-electron chi connectivity index (χ2n) is 6.97. The summed E-state index contributed by atoms with van der Waals surface area (Å²) in [4.78, 5) is 50.6. The van der Waals surface area contributed by atoms with Crippen molar-refractivity contribution in [1.29, 1.82) is 0 Å². The number of hydrogen-bond donors (Lipinski definition) is 1. The monoisotopic (exact) mass is 630 g/mol. The number of amides is 3. The van der Waals surface area contributed by atoms with Gasteiger partial charge in [-0.15, -0.1) is 0 Å². The van der Waals surface area contributed by atoms with Crippen LogP contribution in [0.5, 0.6) is 11.5 Å². The van der Waals surface area contributed by atoms with E-state index in [9.17, 15) is 19.2 Å². The predicted octanol–water partition coefficient (Wildman–Crippen LogP) is 4.81. The molecule has 0 spiro atoms. The summed E-state index contributed by atoms with van der Waals surface area (Å²) in [6.07, 6.45) is 1.56. The number of hydrogen-bond acceptors (Lipinski definition) is 8. The van der Waals surface area contributed by atoms with Gasteiger partial charge in [0.15, 0.2) is 11.5 Å². The fourth-order valence-electron chi connectivity index (χ4n) is 3.11. The van der Waals surface area contributed by atoms with Crippen molar-refractivity contribution in [2.24, 2.45) is 0 Å². The number of esters is 1. The zero-order chi connectivity index (χ0) is 25.7. The maximum atomic E-state index is 12.8. The van der Waals surface area contributed by atoms with Crippen LogP contribution in [-0.2, 0) is 14.3 Å². The van der Waals surface area contributed by atoms with Crippen LogP contribution in [0.25, 0.3) is 6.08 Å². The Bertz CT molecular complexity index is 1230. The third-order valence-corrected chi connectivity index (χ3v) is 6.71. The Balaban J connectivity index is 1.75. The molecule has 2 aromatic carbocycles. The van der Waals surface area contributed by atoms with Crippen molar-refractivity contribution in [2.75, 3.05) is 32.7 Å². The third kappa shape index (κ3) is 6.27. The lowest BCUT2D eigenvalue weighted by atomic mass is 10.2. The molecule has 0 radical (unpaired) electrons. The fraction of sp³-hybridized carbons (Fsp3) is 0.217. The summed E-state index contributed by atoms with van der Waals surface area (Å²) in [7, 11) is 2.72. The van der Waals surface area contributed by atoms with Crippen LogP contribution < -0.4 is 14.8 Å². The highest BCUT2D eigenvalue weighted by Gasteiger charge is 2.36. The Morgan fingerprint density at radius 2 is 1.94 bits per heavy atom. The van der Waals surface area contributed by atoms with Gasteiger partial charge in [-0.1, -0.05) is 11.6 Å². The number of nitrogens with zero attached hydrogens (tertiary/aromatic N) is 1. The van der Waals surface area contributed by atoms with Gasteiger partial charge in [-0.25, -0.2) is 4.79 Å². The van der Waals surface area contributed by atoms with Gasteiger partial charge in [-0.3, -0.25) is 19.3 Å². The fourth-order valence-corrected chi connectivity index (χ4v) is 4.92. The van der Waals surface area contributed by atoms with E-state index in [4.69, 9.17) is 21.1 Å².